The van der Waals surface area contributed by atoms with Crippen LogP contribution in [0.1, 0.15) is 25.1 Å². The van der Waals surface area contributed by atoms with Gasteiger partial charge in [-0.2, -0.15) is 9.36 Å². The minimum Gasteiger partial charge on any atom is -0.333 e. The van der Waals surface area contributed by atoms with E-state index in [4.69, 9.17) is 10.3 Å². The maximum atomic E-state index is 6.21. The first-order chi connectivity index (χ1) is 10.2. The second-order valence-corrected chi connectivity index (χ2v) is 6.18. The molecule has 0 bridgehead atoms. The van der Waals surface area contributed by atoms with Gasteiger partial charge in [-0.25, -0.2) is 0 Å². The van der Waals surface area contributed by atoms with Gasteiger partial charge in [0.05, 0.1) is 11.2 Å². The van der Waals surface area contributed by atoms with Crippen molar-refractivity contribution in [2.75, 3.05) is 0 Å². The summed E-state index contributed by atoms with van der Waals surface area (Å²) in [6, 6.07) is 12.0. The van der Waals surface area contributed by atoms with E-state index in [1.54, 1.807) is 0 Å². The summed E-state index contributed by atoms with van der Waals surface area (Å²) in [6.07, 6.45) is 2.97. The summed E-state index contributed by atoms with van der Waals surface area (Å²) in [5.41, 5.74) is 7.82. The third kappa shape index (κ3) is 2.54. The molecule has 0 amide bonds. The quantitative estimate of drug-likeness (QED) is 0.791. The van der Waals surface area contributed by atoms with Gasteiger partial charge in [0.2, 0.25) is 0 Å². The van der Waals surface area contributed by atoms with Gasteiger partial charge in [-0.05, 0) is 36.9 Å². The van der Waals surface area contributed by atoms with Crippen molar-refractivity contribution < 1.29 is 4.52 Å². The fourth-order valence-electron chi connectivity index (χ4n) is 2.43. The van der Waals surface area contributed by atoms with Gasteiger partial charge in [0, 0.05) is 5.56 Å². The van der Waals surface area contributed by atoms with Crippen molar-refractivity contribution in [3.05, 3.63) is 42.2 Å². The Labute approximate surface area is 138 Å². The van der Waals surface area contributed by atoms with E-state index in [0.29, 0.717) is 11.7 Å². The maximum Gasteiger partial charge on any atom is 0.269 e. The first-order valence-electron chi connectivity index (χ1n) is 6.90. The lowest BCUT2D eigenvalue weighted by Crippen LogP contribution is -2.44. The van der Waals surface area contributed by atoms with Gasteiger partial charge in [0.1, 0.15) is 4.88 Å². The number of nitrogens with zero attached hydrogens (tertiary/aromatic N) is 3. The van der Waals surface area contributed by atoms with Crippen molar-refractivity contribution >= 4 is 23.9 Å². The van der Waals surface area contributed by atoms with Crippen molar-refractivity contribution in [3.8, 4) is 22.0 Å². The lowest BCUT2D eigenvalue weighted by atomic mass is 9.77. The van der Waals surface area contributed by atoms with E-state index in [-0.39, 0.29) is 12.4 Å². The van der Waals surface area contributed by atoms with Crippen LogP contribution < -0.4 is 5.73 Å². The van der Waals surface area contributed by atoms with Gasteiger partial charge in [0.25, 0.3) is 5.89 Å². The van der Waals surface area contributed by atoms with E-state index < -0.39 is 5.54 Å². The smallest absolute Gasteiger partial charge is 0.269 e. The van der Waals surface area contributed by atoms with Crippen LogP contribution in [0.15, 0.2) is 40.9 Å². The Morgan fingerprint density at radius 3 is 2.64 bits per heavy atom. The summed E-state index contributed by atoms with van der Waals surface area (Å²) in [4.78, 5) is 5.32. The predicted molar refractivity (Wildman–Crippen MR) is 87.8 cm³/mol. The highest BCUT2D eigenvalue weighted by atomic mass is 35.5. The molecule has 4 rings (SSSR count). The molecular weight excluding hydrogens is 320 g/mol. The summed E-state index contributed by atoms with van der Waals surface area (Å²) in [6.45, 7) is 0. The van der Waals surface area contributed by atoms with Gasteiger partial charge >= 0.3 is 0 Å². The standard InChI is InChI=1S/C15H14N4OS.ClH/c16-15(7-4-8-15)14-17-13(20-18-14)12-9-11(19-21-12)10-5-2-1-3-6-10;/h1-3,5-6,9H,4,7-8,16H2;1H. The summed E-state index contributed by atoms with van der Waals surface area (Å²) in [7, 11) is 0. The van der Waals surface area contributed by atoms with Gasteiger partial charge in [-0.1, -0.05) is 35.5 Å². The highest BCUT2D eigenvalue weighted by Gasteiger charge is 2.39. The van der Waals surface area contributed by atoms with Crippen molar-refractivity contribution in [1.29, 1.82) is 0 Å². The first kappa shape index (κ1) is 15.1. The minimum atomic E-state index is -0.394. The minimum absolute atomic E-state index is 0. The molecule has 1 aliphatic carbocycles. The molecule has 1 saturated carbocycles. The molecule has 1 aromatic carbocycles. The molecule has 5 nitrogen and oxygen atoms in total. The second kappa shape index (κ2) is 5.79. The largest absolute Gasteiger partial charge is 0.333 e. The van der Waals surface area contributed by atoms with Crippen LogP contribution in [0.5, 0.6) is 0 Å². The molecule has 0 radical (unpaired) electrons. The van der Waals surface area contributed by atoms with Crippen LogP contribution in [-0.2, 0) is 5.54 Å². The van der Waals surface area contributed by atoms with Crippen molar-refractivity contribution in [3.63, 3.8) is 0 Å². The molecule has 2 heterocycles. The number of halogens is 1. The maximum absolute atomic E-state index is 6.21. The van der Waals surface area contributed by atoms with E-state index in [9.17, 15) is 0 Å². The average molecular weight is 335 g/mol. The lowest BCUT2D eigenvalue weighted by Gasteiger charge is -2.34. The number of benzene rings is 1. The molecule has 3 aromatic rings. The summed E-state index contributed by atoms with van der Waals surface area (Å²) in [5.74, 6) is 1.11. The van der Waals surface area contributed by atoms with Gasteiger partial charge < -0.3 is 10.3 Å². The van der Waals surface area contributed by atoms with Crippen LogP contribution in [0.25, 0.3) is 22.0 Å². The Hall–Kier alpha value is -1.76. The highest BCUT2D eigenvalue weighted by Crippen LogP contribution is 2.38. The molecule has 0 saturated heterocycles. The van der Waals surface area contributed by atoms with Crippen molar-refractivity contribution in [2.45, 2.75) is 24.8 Å². The molecule has 0 aliphatic heterocycles. The van der Waals surface area contributed by atoms with Gasteiger partial charge in [-0.15, -0.1) is 12.4 Å². The Bertz CT molecular complexity index is 767. The molecule has 2 N–H and O–H groups in total. The number of aromatic nitrogens is 3. The normalized spacial score (nSPS) is 15.9. The molecule has 0 unspecified atom stereocenters. The van der Waals surface area contributed by atoms with Gasteiger partial charge in [0.15, 0.2) is 5.82 Å². The van der Waals surface area contributed by atoms with E-state index in [2.05, 4.69) is 14.5 Å². The molecule has 1 fully saturated rings. The molecule has 7 heteroatoms. The zero-order valence-corrected chi connectivity index (χ0v) is 13.4. The number of nitrogens with two attached hydrogens (primary N) is 1. The monoisotopic (exact) mass is 334 g/mol. The number of rotatable bonds is 3. The van der Waals surface area contributed by atoms with Crippen molar-refractivity contribution in [1.82, 2.24) is 14.5 Å². The Balaban J connectivity index is 0.00000144. The van der Waals surface area contributed by atoms with Crippen LogP contribution in [0, 0.1) is 0 Å². The molecule has 1 aliphatic rings. The summed E-state index contributed by atoms with van der Waals surface area (Å²) >= 11 is 1.36. The predicted octanol–water partition coefficient (Wildman–Crippen LogP) is 3.62. The number of hydrogen-bond acceptors (Lipinski definition) is 6. The Morgan fingerprint density at radius 1 is 1.18 bits per heavy atom. The molecule has 0 atom stereocenters. The topological polar surface area (TPSA) is 77.8 Å². The average Bonchev–Trinajstić information content (AvgIpc) is 3.14. The Kier molecular flexibility index (Phi) is 3.99. The SMILES string of the molecule is Cl.NC1(c2noc(-c3cc(-c4ccccc4)ns3)n2)CCC1. The fraction of sp³-hybridized carbons (Fsp3) is 0.267. The summed E-state index contributed by atoms with van der Waals surface area (Å²) < 4.78 is 9.80. The van der Waals surface area contributed by atoms with Crippen LogP contribution in [-0.4, -0.2) is 14.5 Å². The van der Waals surface area contributed by atoms with Crippen LogP contribution in [0.3, 0.4) is 0 Å². The second-order valence-electron chi connectivity index (χ2n) is 5.38. The summed E-state index contributed by atoms with van der Waals surface area (Å²) in [5, 5.41) is 4.04. The first-order valence-corrected chi connectivity index (χ1v) is 7.68. The van der Waals surface area contributed by atoms with Crippen molar-refractivity contribution in [2.24, 2.45) is 5.73 Å². The third-order valence-electron chi connectivity index (χ3n) is 3.91. The fourth-order valence-corrected chi connectivity index (χ4v) is 3.11. The number of hydrogen-bond donors (Lipinski definition) is 1. The zero-order chi connectivity index (χ0) is 14.3. The molecule has 0 spiro atoms. The van der Waals surface area contributed by atoms with E-state index in [1.807, 2.05) is 36.4 Å². The Morgan fingerprint density at radius 2 is 1.95 bits per heavy atom. The zero-order valence-electron chi connectivity index (χ0n) is 11.7. The van der Waals surface area contributed by atoms with Gasteiger partial charge in [-0.3, -0.25) is 0 Å². The molecular formula is C15H15ClN4OS. The van der Waals surface area contributed by atoms with Crippen LogP contribution in [0.2, 0.25) is 0 Å². The molecule has 2 aromatic heterocycles. The lowest BCUT2D eigenvalue weighted by molar-refractivity contribution is 0.229. The van der Waals surface area contributed by atoms with E-state index in [1.165, 1.54) is 11.5 Å². The third-order valence-corrected chi connectivity index (χ3v) is 4.68. The van der Waals surface area contributed by atoms with Crippen LogP contribution in [0.4, 0.5) is 0 Å². The molecule has 114 valence electrons. The van der Waals surface area contributed by atoms with Crippen LogP contribution >= 0.6 is 23.9 Å². The molecule has 22 heavy (non-hydrogen) atoms. The highest BCUT2D eigenvalue weighted by molar-refractivity contribution is 7.09. The van der Waals surface area contributed by atoms with E-state index in [0.717, 1.165) is 35.4 Å². The van der Waals surface area contributed by atoms with E-state index >= 15 is 0 Å².